The third kappa shape index (κ3) is 10.4. The maximum Gasteiger partial charge on any atom is 1.00 e. The van der Waals surface area contributed by atoms with Gasteiger partial charge in [0, 0.05) is 0 Å². The van der Waals surface area contributed by atoms with Gasteiger partial charge in [0.25, 0.3) is 0 Å². The molecule has 0 saturated heterocycles. The van der Waals surface area contributed by atoms with Crippen molar-refractivity contribution in [2.75, 3.05) is 0 Å². The predicted octanol–water partition coefficient (Wildman–Crippen LogP) is -8.70. The van der Waals surface area contributed by atoms with Crippen LogP contribution < -0.4 is 175 Å². The van der Waals surface area contributed by atoms with Crippen LogP contribution in [-0.4, -0.2) is 0 Å². The standard InChI is InChI=1S/N.3Rb/q-3;3*+1. The molecule has 4 heteroatoms. The molecule has 0 rings (SSSR count). The van der Waals surface area contributed by atoms with Crippen molar-refractivity contribution in [3.8, 4) is 0 Å². The van der Waals surface area contributed by atoms with Crippen LogP contribution in [0.1, 0.15) is 0 Å². The maximum absolute atomic E-state index is 0. The molecule has 0 spiro atoms. The van der Waals surface area contributed by atoms with Gasteiger partial charge in [0.2, 0.25) is 0 Å². The van der Waals surface area contributed by atoms with E-state index in [1.807, 2.05) is 0 Å². The normalized spacial score (nSPS) is 0. The van der Waals surface area contributed by atoms with Crippen molar-refractivity contribution in [2.24, 2.45) is 0 Å². The molecule has 1 nitrogen and oxygen atoms in total. The average molecular weight is 270 g/mol. The summed E-state index contributed by atoms with van der Waals surface area (Å²) >= 11 is 0. The van der Waals surface area contributed by atoms with Gasteiger partial charge >= 0.3 is 175 Å². The summed E-state index contributed by atoms with van der Waals surface area (Å²) in [6, 6.07) is 0. The van der Waals surface area contributed by atoms with Crippen LogP contribution >= 0.6 is 0 Å². The predicted molar refractivity (Wildman–Crippen MR) is 3.36 cm³/mol. The zero-order valence-electron chi connectivity index (χ0n) is 3.45. The van der Waals surface area contributed by atoms with Crippen molar-refractivity contribution in [1.29, 1.82) is 0 Å². The van der Waals surface area contributed by atoms with Gasteiger partial charge in [-0.15, -0.1) is 0 Å². The molecule has 0 atom stereocenters. The van der Waals surface area contributed by atoms with Crippen molar-refractivity contribution in [3.05, 3.63) is 6.15 Å². The van der Waals surface area contributed by atoms with Crippen molar-refractivity contribution in [1.82, 2.24) is 0 Å². The molecule has 0 aromatic heterocycles. The van der Waals surface area contributed by atoms with Gasteiger partial charge in [0.15, 0.2) is 0 Å². The molecular weight excluding hydrogens is 270 g/mol. The van der Waals surface area contributed by atoms with Crippen molar-refractivity contribution >= 4 is 0 Å². The van der Waals surface area contributed by atoms with Gasteiger partial charge in [-0.2, -0.15) is 0 Å². The number of rotatable bonds is 0. The Kier molecular flexibility index (Phi) is 89.7. The molecule has 0 amide bonds. The van der Waals surface area contributed by atoms with Crippen LogP contribution in [0.4, 0.5) is 0 Å². The van der Waals surface area contributed by atoms with Gasteiger partial charge in [-0.1, -0.05) is 0 Å². The van der Waals surface area contributed by atoms with Crippen LogP contribution in [0.3, 0.4) is 0 Å². The fraction of sp³-hybridized carbons (Fsp3) is 0. The van der Waals surface area contributed by atoms with Gasteiger partial charge in [-0.05, 0) is 0 Å². The minimum atomic E-state index is 0. The molecule has 0 radical (unpaired) electrons. The monoisotopic (exact) mass is 269 g/mol. The van der Waals surface area contributed by atoms with Crippen molar-refractivity contribution in [3.63, 3.8) is 0 Å². The van der Waals surface area contributed by atoms with Gasteiger partial charge in [0.1, 0.15) is 0 Å². The quantitative estimate of drug-likeness (QED) is 0.419. The summed E-state index contributed by atoms with van der Waals surface area (Å²) < 4.78 is 0. The summed E-state index contributed by atoms with van der Waals surface area (Å²) in [6.07, 6.45) is 0. The molecule has 8 valence electrons. The van der Waals surface area contributed by atoms with Crippen LogP contribution in [0.15, 0.2) is 0 Å². The van der Waals surface area contributed by atoms with Crippen LogP contribution in [0.5, 0.6) is 0 Å². The molecule has 0 bridgehead atoms. The Balaban J connectivity index is 0. The Hall–Kier alpha value is 5.38. The first-order chi connectivity index (χ1) is 0. The maximum atomic E-state index is 0. The average Bonchev–Trinajstić information content (AvgIpc) is 0. The second-order valence-electron chi connectivity index (χ2n) is 0. The smallest absolute Gasteiger partial charge is 1.00 e. The molecule has 0 saturated carbocycles. The van der Waals surface area contributed by atoms with E-state index in [-0.39, 0.29) is 181 Å². The first kappa shape index (κ1) is 22.8. The van der Waals surface area contributed by atoms with Crippen LogP contribution in [0, 0.1) is 0 Å². The summed E-state index contributed by atoms with van der Waals surface area (Å²) in [5.41, 5.74) is 0. The van der Waals surface area contributed by atoms with E-state index in [0.29, 0.717) is 0 Å². The van der Waals surface area contributed by atoms with E-state index in [0.717, 1.165) is 0 Å². The Morgan fingerprint density at radius 3 is 0.500 bits per heavy atom. The first-order valence-electron chi connectivity index (χ1n) is 0. The summed E-state index contributed by atoms with van der Waals surface area (Å²) in [6.45, 7) is 0. The molecule has 4 heavy (non-hydrogen) atoms. The molecule has 0 N–H and O–H groups in total. The minimum Gasteiger partial charge on any atom is -3.00 e. The Morgan fingerprint density at radius 2 is 0.500 bits per heavy atom. The van der Waals surface area contributed by atoms with E-state index in [9.17, 15) is 0 Å². The summed E-state index contributed by atoms with van der Waals surface area (Å²) in [7, 11) is 0. The third-order valence-corrected chi connectivity index (χ3v) is 0. The Morgan fingerprint density at radius 1 is 0.500 bits per heavy atom. The molecule has 0 aliphatic rings. The van der Waals surface area contributed by atoms with Crippen LogP contribution in [0.2, 0.25) is 0 Å². The van der Waals surface area contributed by atoms with Crippen LogP contribution in [0.25, 0.3) is 6.15 Å². The molecule has 0 aliphatic carbocycles. The minimum absolute atomic E-state index is 0. The fourth-order valence-corrected chi connectivity index (χ4v) is 0. The molecule has 0 aromatic rings. The second kappa shape index (κ2) is 15.8. The van der Waals surface area contributed by atoms with E-state index in [1.165, 1.54) is 0 Å². The molecular formula is NRb3. The van der Waals surface area contributed by atoms with E-state index < -0.39 is 0 Å². The van der Waals surface area contributed by atoms with Gasteiger partial charge in [-0.25, -0.2) is 0 Å². The molecule has 0 aliphatic heterocycles. The Bertz CT molecular complexity index is 3.25. The third-order valence-electron chi connectivity index (χ3n) is 0. The van der Waals surface area contributed by atoms with Gasteiger partial charge in [-0.3, -0.25) is 0 Å². The number of hydrogen-bond acceptors (Lipinski definition) is 0. The summed E-state index contributed by atoms with van der Waals surface area (Å²) in [5, 5.41) is 0. The molecule has 0 heterocycles. The van der Waals surface area contributed by atoms with Gasteiger partial charge in [0.05, 0.1) is 0 Å². The van der Waals surface area contributed by atoms with Gasteiger partial charge < -0.3 is 6.15 Å². The largest absolute Gasteiger partial charge is 3.00 e. The van der Waals surface area contributed by atoms with Crippen molar-refractivity contribution < 1.29 is 175 Å². The van der Waals surface area contributed by atoms with Crippen molar-refractivity contribution in [2.45, 2.75) is 0 Å². The SMILES string of the molecule is [N-3].[Rb+].[Rb+].[Rb+]. The first-order valence-corrected chi connectivity index (χ1v) is 0. The van der Waals surface area contributed by atoms with Crippen LogP contribution in [-0.2, 0) is 0 Å². The summed E-state index contributed by atoms with van der Waals surface area (Å²) in [4.78, 5) is 0. The Labute approximate surface area is 173 Å². The van der Waals surface area contributed by atoms with E-state index in [1.54, 1.807) is 0 Å². The number of hydrogen-bond donors (Lipinski definition) is 0. The van der Waals surface area contributed by atoms with E-state index in [4.69, 9.17) is 0 Å². The zero-order valence-corrected chi connectivity index (χ0v) is 18.2. The number of nitrogens with zero attached hydrogens (tertiary/aromatic N) is 1. The van der Waals surface area contributed by atoms with E-state index in [2.05, 4.69) is 0 Å². The molecule has 0 unspecified atom stereocenters. The van der Waals surface area contributed by atoms with E-state index >= 15 is 0 Å². The molecule has 0 fully saturated rings. The topological polar surface area (TPSA) is 30.5 Å². The molecule has 0 aromatic carbocycles. The fourth-order valence-electron chi connectivity index (χ4n) is 0. The summed E-state index contributed by atoms with van der Waals surface area (Å²) in [5.74, 6) is 0. The zero-order chi connectivity index (χ0) is 0. The second-order valence-corrected chi connectivity index (χ2v) is 0.